The molecule has 0 unspecified atom stereocenters. The van der Waals surface area contributed by atoms with Crippen molar-refractivity contribution in [1.82, 2.24) is 9.88 Å². The van der Waals surface area contributed by atoms with E-state index >= 15 is 0 Å². The highest BCUT2D eigenvalue weighted by Crippen LogP contribution is 2.34. The predicted octanol–water partition coefficient (Wildman–Crippen LogP) is 5.84. The number of pyridine rings is 1. The van der Waals surface area contributed by atoms with Crippen LogP contribution in [0, 0.1) is 0 Å². The van der Waals surface area contributed by atoms with Crippen molar-refractivity contribution in [2.24, 2.45) is 0 Å². The zero-order chi connectivity index (χ0) is 22.8. The van der Waals surface area contributed by atoms with Crippen LogP contribution < -0.4 is 4.90 Å². The van der Waals surface area contributed by atoms with Gasteiger partial charge in [-0.3, -0.25) is 4.90 Å². The zero-order valence-electron chi connectivity index (χ0n) is 19.8. The molecule has 172 valence electrons. The number of hydrogen-bond acceptors (Lipinski definition) is 5. The van der Waals surface area contributed by atoms with E-state index in [-0.39, 0.29) is 24.3 Å². The SMILES string of the molecule is CC(C)(C)OC(=O)N(c1ccc([C@@H]2CCCN2C(=O)OC(C)(C)C)cn1)C1CCCC1. The summed E-state index contributed by atoms with van der Waals surface area (Å²) in [6, 6.07) is 3.90. The molecule has 2 heterocycles. The summed E-state index contributed by atoms with van der Waals surface area (Å²) < 4.78 is 11.2. The van der Waals surface area contributed by atoms with Crippen LogP contribution in [-0.2, 0) is 9.47 Å². The summed E-state index contributed by atoms with van der Waals surface area (Å²) in [5, 5.41) is 0. The Labute approximate surface area is 186 Å². The predicted molar refractivity (Wildman–Crippen MR) is 120 cm³/mol. The number of carbonyl (C=O) groups is 2. The van der Waals surface area contributed by atoms with Gasteiger partial charge in [0, 0.05) is 18.8 Å². The monoisotopic (exact) mass is 431 g/mol. The fourth-order valence-electron chi connectivity index (χ4n) is 4.29. The molecule has 7 heteroatoms. The molecule has 31 heavy (non-hydrogen) atoms. The summed E-state index contributed by atoms with van der Waals surface area (Å²) in [4.78, 5) is 33.7. The van der Waals surface area contributed by atoms with Crippen LogP contribution in [0.25, 0.3) is 0 Å². The van der Waals surface area contributed by atoms with E-state index in [0.717, 1.165) is 44.1 Å². The molecule has 2 aliphatic rings. The minimum absolute atomic E-state index is 0.0575. The highest BCUT2D eigenvalue weighted by atomic mass is 16.6. The van der Waals surface area contributed by atoms with E-state index in [4.69, 9.17) is 9.47 Å². The zero-order valence-corrected chi connectivity index (χ0v) is 19.8. The van der Waals surface area contributed by atoms with Crippen molar-refractivity contribution < 1.29 is 19.1 Å². The number of aromatic nitrogens is 1. The van der Waals surface area contributed by atoms with Gasteiger partial charge in [-0.05, 0) is 78.9 Å². The lowest BCUT2D eigenvalue weighted by molar-refractivity contribution is 0.0224. The normalized spacial score (nSPS) is 20.1. The quantitative estimate of drug-likeness (QED) is 0.601. The maximum atomic E-state index is 13.0. The second-order valence-corrected chi connectivity index (χ2v) is 10.6. The Bertz CT molecular complexity index is 773. The first-order valence-corrected chi connectivity index (χ1v) is 11.4. The van der Waals surface area contributed by atoms with Gasteiger partial charge in [0.1, 0.15) is 17.0 Å². The fraction of sp³-hybridized carbons (Fsp3) is 0.708. The molecule has 0 bridgehead atoms. The maximum absolute atomic E-state index is 13.0. The number of nitrogens with zero attached hydrogens (tertiary/aromatic N) is 3. The van der Waals surface area contributed by atoms with Crippen molar-refractivity contribution in [2.45, 2.75) is 103 Å². The highest BCUT2D eigenvalue weighted by Gasteiger charge is 2.35. The molecule has 1 saturated carbocycles. The van der Waals surface area contributed by atoms with Gasteiger partial charge in [0.25, 0.3) is 0 Å². The second kappa shape index (κ2) is 9.05. The van der Waals surface area contributed by atoms with Crippen molar-refractivity contribution in [2.75, 3.05) is 11.4 Å². The molecular weight excluding hydrogens is 394 g/mol. The van der Waals surface area contributed by atoms with Gasteiger partial charge in [0.15, 0.2) is 0 Å². The van der Waals surface area contributed by atoms with Crippen LogP contribution in [-0.4, -0.2) is 45.9 Å². The van der Waals surface area contributed by atoms with Gasteiger partial charge >= 0.3 is 12.2 Å². The van der Waals surface area contributed by atoms with Crippen molar-refractivity contribution in [1.29, 1.82) is 0 Å². The van der Waals surface area contributed by atoms with E-state index in [2.05, 4.69) is 4.98 Å². The van der Waals surface area contributed by atoms with Crippen LogP contribution in [0.3, 0.4) is 0 Å². The van der Waals surface area contributed by atoms with Crippen LogP contribution in [0.2, 0.25) is 0 Å². The third kappa shape index (κ3) is 6.11. The van der Waals surface area contributed by atoms with Crippen LogP contribution in [0.5, 0.6) is 0 Å². The Kier molecular flexibility index (Phi) is 6.82. The van der Waals surface area contributed by atoms with Gasteiger partial charge in [-0.1, -0.05) is 18.9 Å². The number of ether oxygens (including phenoxy) is 2. The van der Waals surface area contributed by atoms with Crippen LogP contribution in [0.1, 0.15) is 91.7 Å². The standard InChI is InChI=1S/C24H37N3O4/c1-23(2,3)30-21(28)26-15-9-12-19(26)17-13-14-20(25-16-17)27(18-10-7-8-11-18)22(29)31-24(4,5)6/h13-14,16,18-19H,7-12,15H2,1-6H3/t19-/m0/s1. The number of amides is 2. The van der Waals surface area contributed by atoms with Gasteiger partial charge in [-0.25, -0.2) is 14.6 Å². The molecule has 0 radical (unpaired) electrons. The van der Waals surface area contributed by atoms with Crippen LogP contribution in [0.15, 0.2) is 18.3 Å². The maximum Gasteiger partial charge on any atom is 0.416 e. The Hall–Kier alpha value is -2.31. The molecule has 7 nitrogen and oxygen atoms in total. The minimum Gasteiger partial charge on any atom is -0.444 e. The number of hydrogen-bond donors (Lipinski definition) is 0. The fourth-order valence-corrected chi connectivity index (χ4v) is 4.29. The molecule has 1 aromatic rings. The lowest BCUT2D eigenvalue weighted by atomic mass is 10.1. The Morgan fingerprint density at radius 1 is 0.968 bits per heavy atom. The molecule has 3 rings (SSSR count). The van der Waals surface area contributed by atoms with E-state index in [9.17, 15) is 9.59 Å². The molecule has 0 aromatic carbocycles. The van der Waals surface area contributed by atoms with Gasteiger partial charge in [-0.2, -0.15) is 0 Å². The number of likely N-dealkylation sites (tertiary alicyclic amines) is 1. The molecular formula is C24H37N3O4. The molecule has 1 aliphatic heterocycles. The minimum atomic E-state index is -0.564. The molecule has 2 fully saturated rings. The number of carbonyl (C=O) groups excluding carboxylic acids is 2. The van der Waals surface area contributed by atoms with Crippen LogP contribution >= 0.6 is 0 Å². The molecule has 1 aromatic heterocycles. The van der Waals surface area contributed by atoms with E-state index in [1.165, 1.54) is 0 Å². The average molecular weight is 432 g/mol. The third-order valence-corrected chi connectivity index (χ3v) is 5.56. The Balaban J connectivity index is 1.79. The van der Waals surface area contributed by atoms with Crippen molar-refractivity contribution >= 4 is 18.0 Å². The van der Waals surface area contributed by atoms with E-state index in [1.54, 1.807) is 16.0 Å². The topological polar surface area (TPSA) is 72.0 Å². The van der Waals surface area contributed by atoms with Gasteiger partial charge < -0.3 is 14.4 Å². The van der Waals surface area contributed by atoms with E-state index in [0.29, 0.717) is 12.4 Å². The van der Waals surface area contributed by atoms with Crippen LogP contribution in [0.4, 0.5) is 15.4 Å². The van der Waals surface area contributed by atoms with E-state index < -0.39 is 11.2 Å². The van der Waals surface area contributed by atoms with E-state index in [1.807, 2.05) is 53.7 Å². The first kappa shape index (κ1) is 23.4. The molecule has 1 atom stereocenters. The van der Waals surface area contributed by atoms with Crippen molar-refractivity contribution in [3.05, 3.63) is 23.9 Å². The summed E-state index contributed by atoms with van der Waals surface area (Å²) in [5.41, 5.74) is -0.129. The molecule has 2 amide bonds. The number of rotatable bonds is 3. The Morgan fingerprint density at radius 3 is 2.16 bits per heavy atom. The largest absolute Gasteiger partial charge is 0.444 e. The van der Waals surface area contributed by atoms with Crippen molar-refractivity contribution in [3.63, 3.8) is 0 Å². The summed E-state index contributed by atoms with van der Waals surface area (Å²) >= 11 is 0. The summed E-state index contributed by atoms with van der Waals surface area (Å²) in [6.45, 7) is 11.9. The number of anilines is 1. The highest BCUT2D eigenvalue weighted by molar-refractivity contribution is 5.87. The first-order chi connectivity index (χ1) is 14.4. The smallest absolute Gasteiger partial charge is 0.416 e. The van der Waals surface area contributed by atoms with Gasteiger partial charge in [-0.15, -0.1) is 0 Å². The molecule has 0 spiro atoms. The Morgan fingerprint density at radius 2 is 1.61 bits per heavy atom. The summed E-state index contributed by atoms with van der Waals surface area (Å²) in [7, 11) is 0. The lowest BCUT2D eigenvalue weighted by Gasteiger charge is -2.31. The lowest BCUT2D eigenvalue weighted by Crippen LogP contribution is -2.43. The average Bonchev–Trinajstić information content (AvgIpc) is 3.31. The van der Waals surface area contributed by atoms with Crippen molar-refractivity contribution in [3.8, 4) is 0 Å². The third-order valence-electron chi connectivity index (χ3n) is 5.56. The molecule has 1 saturated heterocycles. The van der Waals surface area contributed by atoms with Gasteiger partial charge in [0.05, 0.1) is 6.04 Å². The summed E-state index contributed by atoms with van der Waals surface area (Å²) in [5.74, 6) is 0.603. The first-order valence-electron chi connectivity index (χ1n) is 11.4. The molecule has 1 aliphatic carbocycles. The summed E-state index contributed by atoms with van der Waals surface area (Å²) in [6.07, 6.45) is 7.07. The van der Waals surface area contributed by atoms with Gasteiger partial charge in [0.2, 0.25) is 0 Å². The second-order valence-electron chi connectivity index (χ2n) is 10.6. The molecule has 0 N–H and O–H groups in total.